The van der Waals surface area contributed by atoms with E-state index in [-0.39, 0.29) is 11.9 Å². The minimum atomic E-state index is -0.0719. The molecule has 0 saturated carbocycles. The zero-order valence-electron chi connectivity index (χ0n) is 18.8. The van der Waals surface area contributed by atoms with Crippen molar-refractivity contribution in [2.45, 2.75) is 18.9 Å². The summed E-state index contributed by atoms with van der Waals surface area (Å²) in [5.74, 6) is 1.78. The number of fused-ring (bicyclic) bond motifs is 1. The van der Waals surface area contributed by atoms with Gasteiger partial charge in [0.05, 0.1) is 31.2 Å². The minimum absolute atomic E-state index is 0.0719. The van der Waals surface area contributed by atoms with E-state index in [2.05, 4.69) is 6.07 Å². The fourth-order valence-electron chi connectivity index (χ4n) is 4.48. The molecule has 0 N–H and O–H groups in total. The molecule has 4 heterocycles. The normalized spacial score (nSPS) is 17.3. The van der Waals surface area contributed by atoms with Gasteiger partial charge in [-0.1, -0.05) is 6.07 Å². The summed E-state index contributed by atoms with van der Waals surface area (Å²) in [6.07, 6.45) is 2.83. The summed E-state index contributed by atoms with van der Waals surface area (Å²) in [5.41, 5.74) is 5.89. The second-order valence-corrected chi connectivity index (χ2v) is 9.18. The fourth-order valence-corrected chi connectivity index (χ4v) is 5.31. The quantitative estimate of drug-likeness (QED) is 0.397. The number of thiazole rings is 1. The number of rotatable bonds is 5. The van der Waals surface area contributed by atoms with Crippen molar-refractivity contribution < 1.29 is 13.9 Å². The van der Waals surface area contributed by atoms with E-state index in [1.54, 1.807) is 29.6 Å². The van der Waals surface area contributed by atoms with E-state index < -0.39 is 0 Å². The maximum absolute atomic E-state index is 12.1. The van der Waals surface area contributed by atoms with Gasteiger partial charge in [-0.2, -0.15) is 5.10 Å². The number of ether oxygens (including phenoxy) is 1. The molecule has 1 atom stereocenters. The molecule has 0 spiro atoms. The predicted molar refractivity (Wildman–Crippen MR) is 133 cm³/mol. The number of hydrogen-bond acceptors (Lipinski definition) is 7. The number of carbonyl (C=O) groups is 1. The number of hydrogen-bond donors (Lipinski definition) is 0. The molecule has 4 aromatic rings. The van der Waals surface area contributed by atoms with Gasteiger partial charge in [0.2, 0.25) is 11.0 Å². The zero-order valence-corrected chi connectivity index (χ0v) is 19.6. The van der Waals surface area contributed by atoms with Gasteiger partial charge >= 0.3 is 0 Å². The molecular weight excluding hydrogens is 448 g/mol. The molecule has 0 saturated heterocycles. The molecule has 0 fully saturated rings. The van der Waals surface area contributed by atoms with E-state index >= 15 is 0 Å². The van der Waals surface area contributed by atoms with Crippen molar-refractivity contribution in [2.75, 3.05) is 24.1 Å². The van der Waals surface area contributed by atoms with Gasteiger partial charge in [-0.15, -0.1) is 11.3 Å². The first kappa shape index (κ1) is 20.7. The molecular formula is C26H22N4O3S. The van der Waals surface area contributed by atoms with Crippen LogP contribution in [0.2, 0.25) is 0 Å². The number of anilines is 2. The van der Waals surface area contributed by atoms with Crippen molar-refractivity contribution in [1.29, 1.82) is 0 Å². The summed E-state index contributed by atoms with van der Waals surface area (Å²) in [6.45, 7) is 0. The van der Waals surface area contributed by atoms with Gasteiger partial charge in [0, 0.05) is 30.1 Å². The number of carbonyl (C=O) groups excluding carboxylic acids is 1. The van der Waals surface area contributed by atoms with Crippen LogP contribution in [0, 0.1) is 0 Å². The van der Waals surface area contributed by atoms with Crippen LogP contribution in [0.3, 0.4) is 0 Å². The standard InChI is InChI=1S/C26H22N4O3S/c1-29-22-10-7-17(12-18(22)13-25(29)31)21-15-34-26(27-21)30-23(24-4-3-11-33-24)14-20(28-30)16-5-8-19(32-2)9-6-16/h3-12,15,23H,13-14H2,1-2H3. The van der Waals surface area contributed by atoms with Gasteiger partial charge < -0.3 is 14.1 Å². The molecule has 2 aromatic heterocycles. The molecule has 170 valence electrons. The molecule has 0 aliphatic carbocycles. The van der Waals surface area contributed by atoms with Gasteiger partial charge in [0.15, 0.2) is 0 Å². The van der Waals surface area contributed by atoms with Crippen molar-refractivity contribution in [1.82, 2.24) is 4.98 Å². The molecule has 2 aliphatic rings. The fraction of sp³-hybridized carbons (Fsp3) is 0.192. The highest BCUT2D eigenvalue weighted by Gasteiger charge is 2.33. The number of nitrogens with zero attached hydrogens (tertiary/aromatic N) is 4. The summed E-state index contributed by atoms with van der Waals surface area (Å²) < 4.78 is 11.0. The Hall–Kier alpha value is -3.91. The number of methoxy groups -OCH3 is 1. The van der Waals surface area contributed by atoms with Crippen molar-refractivity contribution in [3.05, 3.63) is 83.1 Å². The average molecular weight is 471 g/mol. The Bertz CT molecular complexity index is 1390. The maximum atomic E-state index is 12.1. The van der Waals surface area contributed by atoms with Gasteiger partial charge in [-0.25, -0.2) is 9.99 Å². The Morgan fingerprint density at radius 1 is 1.12 bits per heavy atom. The summed E-state index contributed by atoms with van der Waals surface area (Å²) in [4.78, 5) is 18.7. The highest BCUT2D eigenvalue weighted by molar-refractivity contribution is 7.14. The number of benzene rings is 2. The first-order valence-electron chi connectivity index (χ1n) is 11.0. The number of furan rings is 1. The Morgan fingerprint density at radius 3 is 2.71 bits per heavy atom. The largest absolute Gasteiger partial charge is 0.497 e. The van der Waals surface area contributed by atoms with E-state index in [1.165, 1.54) is 0 Å². The third-order valence-corrected chi connectivity index (χ3v) is 7.18. The molecule has 6 rings (SSSR count). The van der Waals surface area contributed by atoms with Crippen LogP contribution < -0.4 is 14.6 Å². The lowest BCUT2D eigenvalue weighted by Gasteiger charge is -2.18. The maximum Gasteiger partial charge on any atom is 0.231 e. The summed E-state index contributed by atoms with van der Waals surface area (Å²) in [6, 6.07) is 17.8. The van der Waals surface area contributed by atoms with Crippen LogP contribution in [-0.4, -0.2) is 30.8 Å². The second-order valence-electron chi connectivity index (χ2n) is 8.34. The Morgan fingerprint density at radius 2 is 1.94 bits per heavy atom. The molecule has 0 radical (unpaired) electrons. The van der Waals surface area contributed by atoms with E-state index in [1.807, 2.05) is 66.0 Å². The van der Waals surface area contributed by atoms with E-state index in [0.29, 0.717) is 12.8 Å². The van der Waals surface area contributed by atoms with Crippen molar-refractivity contribution in [2.24, 2.45) is 5.10 Å². The predicted octanol–water partition coefficient (Wildman–Crippen LogP) is 5.29. The highest BCUT2D eigenvalue weighted by atomic mass is 32.1. The van der Waals surface area contributed by atoms with Crippen LogP contribution in [0.5, 0.6) is 5.75 Å². The molecule has 2 aromatic carbocycles. The van der Waals surface area contributed by atoms with Crippen LogP contribution in [0.1, 0.15) is 29.3 Å². The monoisotopic (exact) mass is 470 g/mol. The second kappa shape index (κ2) is 8.14. The van der Waals surface area contributed by atoms with Crippen molar-refractivity contribution >= 4 is 33.8 Å². The van der Waals surface area contributed by atoms with Crippen molar-refractivity contribution in [3.63, 3.8) is 0 Å². The lowest BCUT2D eigenvalue weighted by Crippen LogP contribution is -2.20. The number of hydrazone groups is 1. The Kier molecular flexibility index (Phi) is 4.95. The topological polar surface area (TPSA) is 71.2 Å². The van der Waals surface area contributed by atoms with Crippen LogP contribution in [0.25, 0.3) is 11.3 Å². The smallest absolute Gasteiger partial charge is 0.231 e. The number of aromatic nitrogens is 1. The molecule has 34 heavy (non-hydrogen) atoms. The lowest BCUT2D eigenvalue weighted by molar-refractivity contribution is -0.117. The molecule has 2 aliphatic heterocycles. The minimum Gasteiger partial charge on any atom is -0.497 e. The molecule has 0 bridgehead atoms. The van der Waals surface area contributed by atoms with E-state index in [0.717, 1.165) is 50.4 Å². The summed E-state index contributed by atoms with van der Waals surface area (Å²) in [5, 5.41) is 9.75. The number of likely N-dealkylation sites (N-methyl/N-ethyl adjacent to an activating group) is 1. The molecule has 8 heteroatoms. The third-order valence-electron chi connectivity index (χ3n) is 6.35. The van der Waals surface area contributed by atoms with Crippen LogP contribution in [0.4, 0.5) is 10.8 Å². The molecule has 1 amide bonds. The Balaban J connectivity index is 1.34. The van der Waals surface area contributed by atoms with Gasteiger partial charge in [-0.05, 0) is 59.7 Å². The highest BCUT2D eigenvalue weighted by Crippen LogP contribution is 2.40. The van der Waals surface area contributed by atoms with Gasteiger partial charge in [0.25, 0.3) is 0 Å². The van der Waals surface area contributed by atoms with Crippen molar-refractivity contribution in [3.8, 4) is 17.0 Å². The Labute approximate surface area is 200 Å². The first-order chi connectivity index (χ1) is 16.6. The van der Waals surface area contributed by atoms with E-state index in [4.69, 9.17) is 19.2 Å². The number of amides is 1. The lowest BCUT2D eigenvalue weighted by atomic mass is 10.0. The third kappa shape index (κ3) is 3.47. The molecule has 7 nitrogen and oxygen atoms in total. The van der Waals surface area contributed by atoms with Crippen LogP contribution in [-0.2, 0) is 11.2 Å². The van der Waals surface area contributed by atoms with Gasteiger partial charge in [-0.3, -0.25) is 4.79 Å². The van der Waals surface area contributed by atoms with Crippen LogP contribution >= 0.6 is 11.3 Å². The van der Waals surface area contributed by atoms with Gasteiger partial charge in [0.1, 0.15) is 17.6 Å². The summed E-state index contributed by atoms with van der Waals surface area (Å²) >= 11 is 1.55. The van der Waals surface area contributed by atoms with E-state index in [9.17, 15) is 4.79 Å². The molecule has 1 unspecified atom stereocenters. The average Bonchev–Trinajstić information content (AvgIpc) is 3.66. The SMILES string of the molecule is COc1ccc(C2=NN(c3nc(-c4ccc5c(c4)CC(=O)N5C)cs3)C(c3ccco3)C2)cc1. The first-order valence-corrected chi connectivity index (χ1v) is 11.9. The zero-order chi connectivity index (χ0) is 23.2. The summed E-state index contributed by atoms with van der Waals surface area (Å²) in [7, 11) is 3.48. The van der Waals surface area contributed by atoms with Crippen LogP contribution in [0.15, 0.2) is 75.8 Å².